The quantitative estimate of drug-likeness (QED) is 0.391. The third kappa shape index (κ3) is 3.90. The topological polar surface area (TPSA) is 117 Å². The smallest absolute Gasteiger partial charge is 0.250 e. The number of likely N-dealkylation sites (tertiary alicyclic amines) is 1. The van der Waals surface area contributed by atoms with Gasteiger partial charge in [-0.25, -0.2) is 4.39 Å². The average Bonchev–Trinajstić information content (AvgIpc) is 3.52. The molecule has 0 aromatic heterocycles. The number of nitrogens with zero attached hydrogens (tertiary/aromatic N) is 1. The zero-order chi connectivity index (χ0) is 28.2. The molecule has 3 aliphatic heterocycles. The van der Waals surface area contributed by atoms with E-state index in [0.717, 1.165) is 11.1 Å². The fourth-order valence-electron chi connectivity index (χ4n) is 6.39. The highest BCUT2D eigenvalue weighted by Crippen LogP contribution is 2.53. The summed E-state index contributed by atoms with van der Waals surface area (Å²) < 4.78 is 25.1. The highest BCUT2D eigenvalue weighted by Gasteiger charge is 2.70. The van der Waals surface area contributed by atoms with Crippen LogP contribution in [0.5, 0.6) is 17.2 Å². The fourth-order valence-corrected chi connectivity index (χ4v) is 6.39. The van der Waals surface area contributed by atoms with Crippen molar-refractivity contribution < 1.29 is 33.4 Å². The number of ether oxygens (including phenoxy) is 2. The Morgan fingerprint density at radius 1 is 0.925 bits per heavy atom. The van der Waals surface area contributed by atoms with Crippen molar-refractivity contribution in [3.05, 3.63) is 83.2 Å². The molecule has 0 radical (unpaired) electrons. The lowest BCUT2D eigenvalue weighted by atomic mass is 9.76. The number of hydrogen-bond donors (Lipinski definition) is 3. The monoisotopic (exact) mass is 545 g/mol. The Labute approximate surface area is 229 Å². The summed E-state index contributed by atoms with van der Waals surface area (Å²) in [4.78, 5) is 42.7. The number of phenols is 1. The Morgan fingerprint density at radius 2 is 1.65 bits per heavy atom. The number of aromatic hydroxyl groups is 1. The number of benzene rings is 3. The second-order valence-corrected chi connectivity index (χ2v) is 10.3. The molecule has 9 nitrogen and oxygen atoms in total. The Kier molecular flexibility index (Phi) is 6.22. The summed E-state index contributed by atoms with van der Waals surface area (Å²) in [6.07, 6.45) is 0.696. The molecule has 0 unspecified atom stereocenters. The molecular weight excluding hydrogens is 517 g/mol. The van der Waals surface area contributed by atoms with Crippen LogP contribution >= 0.6 is 0 Å². The predicted molar refractivity (Wildman–Crippen MR) is 142 cm³/mol. The zero-order valence-corrected chi connectivity index (χ0v) is 21.9. The zero-order valence-electron chi connectivity index (χ0n) is 21.9. The third-order valence-corrected chi connectivity index (χ3v) is 8.23. The van der Waals surface area contributed by atoms with Crippen molar-refractivity contribution in [1.29, 1.82) is 0 Å². The van der Waals surface area contributed by atoms with Crippen LogP contribution in [0.15, 0.2) is 60.7 Å². The first-order valence-corrected chi connectivity index (χ1v) is 13.0. The molecule has 3 heterocycles. The van der Waals surface area contributed by atoms with Gasteiger partial charge in [-0.2, -0.15) is 0 Å². The molecule has 3 aromatic rings. The van der Waals surface area contributed by atoms with Crippen molar-refractivity contribution in [2.45, 2.75) is 24.4 Å². The molecule has 3 aromatic carbocycles. The molecule has 3 aliphatic rings. The summed E-state index contributed by atoms with van der Waals surface area (Å²) in [6, 6.07) is 15.3. The second kappa shape index (κ2) is 9.63. The Hall–Kier alpha value is -4.44. The second-order valence-electron chi connectivity index (χ2n) is 10.3. The lowest BCUT2D eigenvalue weighted by Gasteiger charge is -2.29. The van der Waals surface area contributed by atoms with Gasteiger partial charge in [0.15, 0.2) is 11.5 Å². The van der Waals surface area contributed by atoms with E-state index in [0.29, 0.717) is 35.6 Å². The van der Waals surface area contributed by atoms with Gasteiger partial charge in [0.25, 0.3) is 0 Å². The number of imide groups is 1. The van der Waals surface area contributed by atoms with Crippen LogP contribution in [0.3, 0.4) is 0 Å². The number of carbonyl (C=O) groups is 3. The van der Waals surface area contributed by atoms with Crippen molar-refractivity contribution in [2.24, 2.45) is 11.8 Å². The minimum atomic E-state index is -1.59. The van der Waals surface area contributed by atoms with E-state index in [1.807, 2.05) is 6.07 Å². The minimum Gasteiger partial charge on any atom is -0.508 e. The molecule has 40 heavy (non-hydrogen) atoms. The van der Waals surface area contributed by atoms with Crippen molar-refractivity contribution in [3.63, 3.8) is 0 Å². The van der Waals surface area contributed by atoms with E-state index in [2.05, 4.69) is 10.6 Å². The molecule has 206 valence electrons. The summed E-state index contributed by atoms with van der Waals surface area (Å²) in [6.45, 7) is 0.111. The first-order valence-electron chi connectivity index (χ1n) is 13.0. The number of phenolic OH excluding ortho intramolecular Hbond substituents is 1. The summed E-state index contributed by atoms with van der Waals surface area (Å²) in [7, 11) is 3.07. The largest absolute Gasteiger partial charge is 0.508 e. The number of fused-ring (bicyclic) bond motifs is 4. The van der Waals surface area contributed by atoms with Crippen molar-refractivity contribution in [2.75, 3.05) is 26.1 Å². The van der Waals surface area contributed by atoms with Gasteiger partial charge in [-0.05, 0) is 66.4 Å². The van der Waals surface area contributed by atoms with Gasteiger partial charge in [0.2, 0.25) is 17.7 Å². The molecular formula is C30H28FN3O6. The number of hydrogen-bond acceptors (Lipinski definition) is 7. The predicted octanol–water partition coefficient (Wildman–Crippen LogP) is 2.75. The SMILES string of the molecule is COc1ccc(CCN2C(=O)[C@@H]3[C@@H](C2=O)[C@@]2(N[C@@H]3Cc3ccc(O)cc3)C(=O)Nc3ccc(F)cc32)cc1OC. The van der Waals surface area contributed by atoms with E-state index in [1.165, 1.54) is 30.2 Å². The first-order chi connectivity index (χ1) is 19.3. The number of halogens is 1. The fraction of sp³-hybridized carbons (Fsp3) is 0.300. The molecule has 2 saturated heterocycles. The Balaban J connectivity index is 1.36. The van der Waals surface area contributed by atoms with Gasteiger partial charge in [0.1, 0.15) is 17.1 Å². The van der Waals surface area contributed by atoms with Crippen molar-refractivity contribution in [3.8, 4) is 17.2 Å². The van der Waals surface area contributed by atoms with Crippen LogP contribution in [0.4, 0.5) is 10.1 Å². The van der Waals surface area contributed by atoms with Gasteiger partial charge in [-0.15, -0.1) is 0 Å². The number of methoxy groups -OCH3 is 2. The number of carbonyl (C=O) groups excluding carboxylic acids is 3. The van der Waals surface area contributed by atoms with E-state index >= 15 is 0 Å². The van der Waals surface area contributed by atoms with Gasteiger partial charge in [0, 0.05) is 23.8 Å². The van der Waals surface area contributed by atoms with E-state index in [9.17, 15) is 23.9 Å². The lowest BCUT2D eigenvalue weighted by Crippen LogP contribution is -2.53. The van der Waals surface area contributed by atoms with Gasteiger partial charge < -0.3 is 19.9 Å². The summed E-state index contributed by atoms with van der Waals surface area (Å²) in [5.41, 5.74) is 0.799. The Bertz CT molecular complexity index is 1530. The molecule has 0 aliphatic carbocycles. The van der Waals surface area contributed by atoms with Gasteiger partial charge in [-0.3, -0.25) is 24.6 Å². The van der Waals surface area contributed by atoms with Crippen molar-refractivity contribution >= 4 is 23.4 Å². The summed E-state index contributed by atoms with van der Waals surface area (Å²) >= 11 is 0. The lowest BCUT2D eigenvalue weighted by molar-refractivity contribution is -0.142. The molecule has 10 heteroatoms. The van der Waals surface area contributed by atoms with E-state index in [1.54, 1.807) is 43.5 Å². The number of amides is 3. The standard InChI is InChI=1S/C30H28FN3O6/c1-39-23-10-5-17(14-24(23)40-2)11-12-34-27(36)25-22(13-16-3-7-19(35)8-4-16)33-30(26(25)28(34)37)20-15-18(31)6-9-21(20)32-29(30)38/h3-10,14-15,22,25-26,33,35H,11-13H2,1-2H3,(H,32,38)/t22-,25+,26+,30-/m1/s1. The highest BCUT2D eigenvalue weighted by molar-refractivity contribution is 6.15. The maximum atomic E-state index is 14.5. The van der Waals surface area contributed by atoms with Crippen LogP contribution in [0, 0.1) is 17.7 Å². The molecule has 2 fully saturated rings. The number of nitrogens with one attached hydrogen (secondary N) is 2. The van der Waals surface area contributed by atoms with Crippen LogP contribution in [0.25, 0.3) is 0 Å². The summed E-state index contributed by atoms with van der Waals surface area (Å²) in [5.74, 6) is -2.56. The van der Waals surface area contributed by atoms with Crippen LogP contribution < -0.4 is 20.1 Å². The average molecular weight is 546 g/mol. The molecule has 3 N–H and O–H groups in total. The molecule has 0 bridgehead atoms. The number of anilines is 1. The minimum absolute atomic E-state index is 0.102. The maximum absolute atomic E-state index is 14.5. The number of rotatable bonds is 7. The Morgan fingerprint density at radius 3 is 2.38 bits per heavy atom. The molecule has 6 rings (SSSR count). The van der Waals surface area contributed by atoms with E-state index in [-0.39, 0.29) is 18.2 Å². The van der Waals surface area contributed by atoms with Crippen LogP contribution in [0.2, 0.25) is 0 Å². The third-order valence-electron chi connectivity index (χ3n) is 8.23. The van der Waals surface area contributed by atoms with Crippen LogP contribution in [0.1, 0.15) is 16.7 Å². The summed E-state index contributed by atoms with van der Waals surface area (Å²) in [5, 5.41) is 15.8. The maximum Gasteiger partial charge on any atom is 0.250 e. The van der Waals surface area contributed by atoms with Gasteiger partial charge in [-0.1, -0.05) is 18.2 Å². The van der Waals surface area contributed by atoms with Crippen LogP contribution in [-0.4, -0.2) is 54.5 Å². The molecule has 4 atom stereocenters. The van der Waals surface area contributed by atoms with E-state index < -0.39 is 41.0 Å². The van der Waals surface area contributed by atoms with Gasteiger partial charge in [0.05, 0.1) is 26.1 Å². The highest BCUT2D eigenvalue weighted by atomic mass is 19.1. The van der Waals surface area contributed by atoms with Crippen molar-refractivity contribution in [1.82, 2.24) is 10.2 Å². The normalized spacial score (nSPS) is 24.8. The van der Waals surface area contributed by atoms with Crippen LogP contribution in [-0.2, 0) is 32.8 Å². The molecule has 0 saturated carbocycles. The van der Waals surface area contributed by atoms with E-state index in [4.69, 9.17) is 9.47 Å². The first kappa shape index (κ1) is 25.8. The van der Waals surface area contributed by atoms with Gasteiger partial charge >= 0.3 is 0 Å². The molecule has 1 spiro atoms. The molecule has 3 amide bonds.